The minimum Gasteiger partial charge on any atom is -0.355 e. The van der Waals surface area contributed by atoms with Gasteiger partial charge in [-0.05, 0) is 25.7 Å². The van der Waals surface area contributed by atoms with Crippen LogP contribution in [0.4, 0.5) is 0 Å². The fourth-order valence-corrected chi connectivity index (χ4v) is 1.79. The summed E-state index contributed by atoms with van der Waals surface area (Å²) in [6, 6.07) is 0.585. The first-order valence-corrected chi connectivity index (χ1v) is 5.61. The Morgan fingerprint density at radius 3 is 2.71 bits per heavy atom. The van der Waals surface area contributed by atoms with Gasteiger partial charge in [-0.2, -0.15) is 0 Å². The molecule has 0 bridgehead atoms. The van der Waals surface area contributed by atoms with Gasteiger partial charge in [-0.1, -0.05) is 13.8 Å². The van der Waals surface area contributed by atoms with Crippen LogP contribution in [0.15, 0.2) is 0 Å². The lowest BCUT2D eigenvalue weighted by Gasteiger charge is -2.25. The Labute approximate surface area is 87.2 Å². The smallest absolute Gasteiger partial charge is 0.147 e. The zero-order valence-corrected chi connectivity index (χ0v) is 9.58. The summed E-state index contributed by atoms with van der Waals surface area (Å²) in [7, 11) is 0. The third-order valence-corrected chi connectivity index (χ3v) is 2.49. The van der Waals surface area contributed by atoms with Crippen LogP contribution in [0.2, 0.25) is 0 Å². The molecule has 1 rings (SSSR count). The summed E-state index contributed by atoms with van der Waals surface area (Å²) in [6.07, 6.45) is 2.59. The number of hydrogen-bond donors (Lipinski definition) is 1. The molecule has 0 aromatic carbocycles. The molecule has 0 spiro atoms. The van der Waals surface area contributed by atoms with Crippen molar-refractivity contribution in [1.29, 1.82) is 0 Å². The molecule has 2 unspecified atom stereocenters. The molecule has 0 amide bonds. The highest BCUT2D eigenvalue weighted by atomic mass is 16.7. The number of hydrogen-bond acceptors (Lipinski definition) is 3. The monoisotopic (exact) mass is 201 g/mol. The van der Waals surface area contributed by atoms with Crippen molar-refractivity contribution in [3.63, 3.8) is 0 Å². The third-order valence-electron chi connectivity index (χ3n) is 2.49. The van der Waals surface area contributed by atoms with Gasteiger partial charge < -0.3 is 14.8 Å². The van der Waals surface area contributed by atoms with Crippen molar-refractivity contribution in [2.75, 3.05) is 19.9 Å². The summed E-state index contributed by atoms with van der Waals surface area (Å²) in [5, 5.41) is 3.50. The van der Waals surface area contributed by atoms with Crippen molar-refractivity contribution in [2.24, 2.45) is 5.92 Å². The molecule has 1 aliphatic rings. The second-order valence-electron chi connectivity index (χ2n) is 4.54. The molecule has 1 N–H and O–H groups in total. The molecule has 84 valence electrons. The molecule has 1 aliphatic heterocycles. The van der Waals surface area contributed by atoms with E-state index in [2.05, 4.69) is 26.1 Å². The SMILES string of the molecule is CC(C)CC(C)NCC1CCOCO1. The summed E-state index contributed by atoms with van der Waals surface area (Å²) in [4.78, 5) is 0. The molecule has 0 saturated carbocycles. The van der Waals surface area contributed by atoms with E-state index in [1.807, 2.05) is 0 Å². The molecule has 2 atom stereocenters. The topological polar surface area (TPSA) is 30.5 Å². The van der Waals surface area contributed by atoms with E-state index in [9.17, 15) is 0 Å². The summed E-state index contributed by atoms with van der Waals surface area (Å²) in [5.41, 5.74) is 0. The first-order valence-electron chi connectivity index (χ1n) is 5.61. The first kappa shape index (κ1) is 12.0. The van der Waals surface area contributed by atoms with Gasteiger partial charge in [0, 0.05) is 12.6 Å². The predicted molar refractivity (Wildman–Crippen MR) is 57.2 cm³/mol. The maximum Gasteiger partial charge on any atom is 0.147 e. The summed E-state index contributed by atoms with van der Waals surface area (Å²) in [6.45, 7) is 9.00. The van der Waals surface area contributed by atoms with E-state index in [1.165, 1.54) is 6.42 Å². The van der Waals surface area contributed by atoms with Gasteiger partial charge in [-0.25, -0.2) is 0 Å². The number of ether oxygens (including phenoxy) is 2. The van der Waals surface area contributed by atoms with Crippen molar-refractivity contribution < 1.29 is 9.47 Å². The Morgan fingerprint density at radius 1 is 1.36 bits per heavy atom. The summed E-state index contributed by atoms with van der Waals surface area (Å²) >= 11 is 0. The summed E-state index contributed by atoms with van der Waals surface area (Å²) in [5.74, 6) is 0.758. The molecule has 1 heterocycles. The van der Waals surface area contributed by atoms with E-state index in [1.54, 1.807) is 0 Å². The predicted octanol–water partition coefficient (Wildman–Crippen LogP) is 1.77. The zero-order valence-electron chi connectivity index (χ0n) is 9.58. The average Bonchev–Trinajstić information content (AvgIpc) is 2.15. The van der Waals surface area contributed by atoms with E-state index in [0.29, 0.717) is 18.9 Å². The van der Waals surface area contributed by atoms with Crippen LogP contribution >= 0.6 is 0 Å². The lowest BCUT2D eigenvalue weighted by atomic mass is 10.1. The molecule has 0 radical (unpaired) electrons. The molecule has 3 nitrogen and oxygen atoms in total. The van der Waals surface area contributed by atoms with E-state index in [0.717, 1.165) is 25.5 Å². The number of rotatable bonds is 5. The highest BCUT2D eigenvalue weighted by Gasteiger charge is 2.14. The minimum absolute atomic E-state index is 0.346. The lowest BCUT2D eigenvalue weighted by Crippen LogP contribution is -2.38. The van der Waals surface area contributed by atoms with Gasteiger partial charge >= 0.3 is 0 Å². The third kappa shape index (κ3) is 4.94. The zero-order chi connectivity index (χ0) is 10.4. The van der Waals surface area contributed by atoms with Crippen molar-refractivity contribution in [2.45, 2.75) is 45.8 Å². The van der Waals surface area contributed by atoms with Gasteiger partial charge in [0.15, 0.2) is 0 Å². The first-order chi connectivity index (χ1) is 6.68. The van der Waals surface area contributed by atoms with Gasteiger partial charge in [0.1, 0.15) is 6.79 Å². The fraction of sp³-hybridized carbons (Fsp3) is 1.00. The van der Waals surface area contributed by atoms with Crippen LogP contribution in [-0.2, 0) is 9.47 Å². The Balaban J connectivity index is 2.06. The van der Waals surface area contributed by atoms with E-state index >= 15 is 0 Å². The maximum absolute atomic E-state index is 5.45. The van der Waals surface area contributed by atoms with E-state index in [4.69, 9.17) is 9.47 Å². The van der Waals surface area contributed by atoms with Crippen LogP contribution in [0, 0.1) is 5.92 Å². The molecule has 0 aromatic rings. The maximum atomic E-state index is 5.45. The van der Waals surface area contributed by atoms with Gasteiger partial charge in [-0.15, -0.1) is 0 Å². The van der Waals surface area contributed by atoms with Gasteiger partial charge in [0.2, 0.25) is 0 Å². The van der Waals surface area contributed by atoms with Crippen LogP contribution in [0.25, 0.3) is 0 Å². The quantitative estimate of drug-likeness (QED) is 0.735. The molecule has 3 heteroatoms. The van der Waals surface area contributed by atoms with Crippen LogP contribution in [-0.4, -0.2) is 32.1 Å². The van der Waals surface area contributed by atoms with Gasteiger partial charge in [-0.3, -0.25) is 0 Å². The second-order valence-corrected chi connectivity index (χ2v) is 4.54. The van der Waals surface area contributed by atoms with Gasteiger partial charge in [0.25, 0.3) is 0 Å². The molecule has 1 saturated heterocycles. The molecular weight excluding hydrogens is 178 g/mol. The summed E-state index contributed by atoms with van der Waals surface area (Å²) < 4.78 is 10.6. The largest absolute Gasteiger partial charge is 0.355 e. The minimum atomic E-state index is 0.346. The van der Waals surface area contributed by atoms with Crippen LogP contribution in [0.3, 0.4) is 0 Å². The van der Waals surface area contributed by atoms with Crippen molar-refractivity contribution in [3.8, 4) is 0 Å². The highest BCUT2D eigenvalue weighted by Crippen LogP contribution is 2.07. The van der Waals surface area contributed by atoms with E-state index < -0.39 is 0 Å². The standard InChI is InChI=1S/C11H23NO2/c1-9(2)6-10(3)12-7-11-4-5-13-8-14-11/h9-12H,4-8H2,1-3H3. The molecule has 0 aliphatic carbocycles. The molecule has 0 aromatic heterocycles. The van der Waals surface area contributed by atoms with Crippen molar-refractivity contribution >= 4 is 0 Å². The Bertz CT molecular complexity index is 144. The average molecular weight is 201 g/mol. The molecular formula is C11H23NO2. The highest BCUT2D eigenvalue weighted by molar-refractivity contribution is 4.68. The Kier molecular flexibility index (Phi) is 5.45. The van der Waals surface area contributed by atoms with Crippen LogP contribution in [0.1, 0.15) is 33.6 Å². The molecule has 1 fully saturated rings. The molecule has 14 heavy (non-hydrogen) atoms. The van der Waals surface area contributed by atoms with Crippen molar-refractivity contribution in [3.05, 3.63) is 0 Å². The fourth-order valence-electron chi connectivity index (χ4n) is 1.79. The van der Waals surface area contributed by atoms with E-state index in [-0.39, 0.29) is 0 Å². The van der Waals surface area contributed by atoms with Crippen LogP contribution in [0.5, 0.6) is 0 Å². The normalized spacial score (nSPS) is 25.3. The van der Waals surface area contributed by atoms with Crippen molar-refractivity contribution in [1.82, 2.24) is 5.32 Å². The van der Waals surface area contributed by atoms with Gasteiger partial charge in [0.05, 0.1) is 12.7 Å². The van der Waals surface area contributed by atoms with Crippen LogP contribution < -0.4 is 5.32 Å². The Morgan fingerprint density at radius 2 is 2.14 bits per heavy atom. The Hall–Kier alpha value is -0.120. The lowest BCUT2D eigenvalue weighted by molar-refractivity contribution is -0.137. The second kappa shape index (κ2) is 6.38. The number of nitrogens with one attached hydrogen (secondary N) is 1.